The number of esters is 1. The van der Waals surface area contributed by atoms with Crippen LogP contribution in [0.3, 0.4) is 0 Å². The summed E-state index contributed by atoms with van der Waals surface area (Å²) < 4.78 is 5.34. The van der Waals surface area contributed by atoms with Crippen LogP contribution >= 0.6 is 11.6 Å². The van der Waals surface area contributed by atoms with E-state index in [1.807, 2.05) is 30.3 Å². The van der Waals surface area contributed by atoms with E-state index in [2.05, 4.69) is 15.6 Å². The van der Waals surface area contributed by atoms with E-state index in [0.717, 1.165) is 18.4 Å². The van der Waals surface area contributed by atoms with Gasteiger partial charge in [0.25, 0.3) is 11.8 Å². The fourth-order valence-corrected chi connectivity index (χ4v) is 3.88. The molecule has 36 heavy (non-hydrogen) atoms. The molecule has 5 rings (SSSR count). The first kappa shape index (κ1) is 23.5. The second kappa shape index (κ2) is 10.2. The predicted octanol–water partition coefficient (Wildman–Crippen LogP) is 5.24. The molecule has 0 unspecified atom stereocenters. The molecule has 0 saturated heterocycles. The van der Waals surface area contributed by atoms with Gasteiger partial charge >= 0.3 is 5.97 Å². The SMILES string of the molecule is O=C(COC(=O)c1cc(-c2ccc(Cl)cc2)nc2ccccc12)Nc1cccc(C(=O)NC2CC2)c1. The summed E-state index contributed by atoms with van der Waals surface area (Å²) in [5, 5.41) is 6.80. The molecule has 1 aliphatic carbocycles. The highest BCUT2D eigenvalue weighted by atomic mass is 35.5. The Balaban J connectivity index is 1.29. The number of benzene rings is 3. The first-order valence-electron chi connectivity index (χ1n) is 11.5. The molecule has 7 nitrogen and oxygen atoms in total. The molecule has 0 radical (unpaired) electrons. The number of amides is 2. The van der Waals surface area contributed by atoms with E-state index < -0.39 is 18.5 Å². The molecule has 1 aliphatic rings. The average molecular weight is 500 g/mol. The van der Waals surface area contributed by atoms with Gasteiger partial charge in [-0.3, -0.25) is 9.59 Å². The number of ether oxygens (including phenoxy) is 1. The van der Waals surface area contributed by atoms with Gasteiger partial charge in [-0.25, -0.2) is 9.78 Å². The molecule has 4 aromatic rings. The second-order valence-corrected chi connectivity index (χ2v) is 8.97. The molecule has 180 valence electrons. The molecule has 8 heteroatoms. The Morgan fingerprint density at radius 3 is 2.50 bits per heavy atom. The molecular formula is C28H22ClN3O4. The lowest BCUT2D eigenvalue weighted by Gasteiger charge is -2.11. The third-order valence-corrected chi connectivity index (χ3v) is 5.98. The fraction of sp³-hybridized carbons (Fsp3) is 0.143. The van der Waals surface area contributed by atoms with Gasteiger partial charge in [0.1, 0.15) is 0 Å². The monoisotopic (exact) mass is 499 g/mol. The minimum absolute atomic E-state index is 0.180. The Kier molecular flexibility index (Phi) is 6.64. The van der Waals surface area contributed by atoms with Gasteiger partial charge in [0.15, 0.2) is 6.61 Å². The molecule has 1 fully saturated rings. The van der Waals surface area contributed by atoms with Crippen LogP contribution in [0.15, 0.2) is 78.9 Å². The largest absolute Gasteiger partial charge is 0.452 e. The zero-order chi connectivity index (χ0) is 25.1. The Morgan fingerprint density at radius 1 is 0.944 bits per heavy atom. The van der Waals surface area contributed by atoms with Crippen molar-refractivity contribution in [2.45, 2.75) is 18.9 Å². The molecule has 2 amide bonds. The van der Waals surface area contributed by atoms with Crippen LogP contribution in [-0.2, 0) is 9.53 Å². The van der Waals surface area contributed by atoms with E-state index >= 15 is 0 Å². The zero-order valence-corrected chi connectivity index (χ0v) is 19.9. The molecule has 0 bridgehead atoms. The first-order valence-corrected chi connectivity index (χ1v) is 11.9. The second-order valence-electron chi connectivity index (χ2n) is 8.53. The summed E-state index contributed by atoms with van der Waals surface area (Å²) >= 11 is 6.00. The number of nitrogens with one attached hydrogen (secondary N) is 2. The van der Waals surface area contributed by atoms with Gasteiger partial charge in [-0.2, -0.15) is 0 Å². The summed E-state index contributed by atoms with van der Waals surface area (Å²) in [5.74, 6) is -1.34. The number of carbonyl (C=O) groups is 3. The molecule has 1 heterocycles. The van der Waals surface area contributed by atoms with Crippen molar-refractivity contribution in [3.63, 3.8) is 0 Å². The van der Waals surface area contributed by atoms with Crippen LogP contribution in [-0.4, -0.2) is 35.4 Å². The van der Waals surface area contributed by atoms with Crippen LogP contribution in [0, 0.1) is 0 Å². The molecular weight excluding hydrogens is 478 g/mol. The van der Waals surface area contributed by atoms with Crippen LogP contribution in [0.5, 0.6) is 0 Å². The van der Waals surface area contributed by atoms with Crippen molar-refractivity contribution in [3.05, 3.63) is 95.0 Å². The molecule has 3 aromatic carbocycles. The molecule has 0 atom stereocenters. The maximum Gasteiger partial charge on any atom is 0.339 e. The van der Waals surface area contributed by atoms with Gasteiger partial charge in [-0.1, -0.05) is 48.0 Å². The number of hydrogen-bond donors (Lipinski definition) is 2. The Morgan fingerprint density at radius 2 is 1.72 bits per heavy atom. The van der Waals surface area contributed by atoms with Crippen LogP contribution < -0.4 is 10.6 Å². The number of pyridine rings is 1. The maximum atomic E-state index is 13.0. The van der Waals surface area contributed by atoms with Crippen molar-refractivity contribution >= 4 is 46.0 Å². The average Bonchev–Trinajstić information content (AvgIpc) is 3.71. The molecule has 1 saturated carbocycles. The third kappa shape index (κ3) is 5.53. The summed E-state index contributed by atoms with van der Waals surface area (Å²) in [6.07, 6.45) is 1.98. The predicted molar refractivity (Wildman–Crippen MR) is 138 cm³/mol. The molecule has 0 aliphatic heterocycles. The van der Waals surface area contributed by atoms with E-state index in [0.29, 0.717) is 38.4 Å². The van der Waals surface area contributed by atoms with Crippen LogP contribution in [0.25, 0.3) is 22.2 Å². The summed E-state index contributed by atoms with van der Waals surface area (Å²) in [7, 11) is 0. The van der Waals surface area contributed by atoms with Crippen molar-refractivity contribution in [1.82, 2.24) is 10.3 Å². The highest BCUT2D eigenvalue weighted by Gasteiger charge is 2.24. The number of anilines is 1. The smallest absolute Gasteiger partial charge is 0.339 e. The van der Waals surface area contributed by atoms with Gasteiger partial charge in [0, 0.05) is 33.3 Å². The Hall–Kier alpha value is -4.23. The minimum atomic E-state index is -0.642. The zero-order valence-electron chi connectivity index (χ0n) is 19.2. The third-order valence-electron chi connectivity index (χ3n) is 5.73. The van der Waals surface area contributed by atoms with E-state index in [1.165, 1.54) is 0 Å². The van der Waals surface area contributed by atoms with Gasteiger partial charge < -0.3 is 15.4 Å². The van der Waals surface area contributed by atoms with Crippen LogP contribution in [0.2, 0.25) is 5.02 Å². The Bertz CT molecular complexity index is 1470. The number of aromatic nitrogens is 1. The van der Waals surface area contributed by atoms with Gasteiger partial charge in [0.05, 0.1) is 16.8 Å². The number of halogens is 1. The maximum absolute atomic E-state index is 13.0. The fourth-order valence-electron chi connectivity index (χ4n) is 3.75. The van der Waals surface area contributed by atoms with E-state index in [1.54, 1.807) is 48.5 Å². The normalized spacial score (nSPS) is 12.7. The van der Waals surface area contributed by atoms with E-state index in [4.69, 9.17) is 16.3 Å². The van der Waals surface area contributed by atoms with Gasteiger partial charge in [-0.05, 0) is 55.3 Å². The number of nitrogens with zero attached hydrogens (tertiary/aromatic N) is 1. The lowest BCUT2D eigenvalue weighted by atomic mass is 10.0. The lowest BCUT2D eigenvalue weighted by molar-refractivity contribution is -0.119. The van der Waals surface area contributed by atoms with Crippen molar-refractivity contribution in [2.75, 3.05) is 11.9 Å². The number of rotatable bonds is 7. The summed E-state index contributed by atoms with van der Waals surface area (Å²) in [5.41, 5.74) is 3.21. The van der Waals surface area contributed by atoms with Crippen molar-refractivity contribution < 1.29 is 19.1 Å². The van der Waals surface area contributed by atoms with Crippen LogP contribution in [0.1, 0.15) is 33.6 Å². The van der Waals surface area contributed by atoms with Gasteiger partial charge in [-0.15, -0.1) is 0 Å². The summed E-state index contributed by atoms with van der Waals surface area (Å²) in [6.45, 7) is -0.482. The van der Waals surface area contributed by atoms with E-state index in [9.17, 15) is 14.4 Å². The molecule has 2 N–H and O–H groups in total. The van der Waals surface area contributed by atoms with Crippen molar-refractivity contribution in [3.8, 4) is 11.3 Å². The van der Waals surface area contributed by atoms with Crippen molar-refractivity contribution in [1.29, 1.82) is 0 Å². The molecule has 1 aromatic heterocycles. The van der Waals surface area contributed by atoms with Crippen molar-refractivity contribution in [2.24, 2.45) is 0 Å². The van der Waals surface area contributed by atoms with Crippen LogP contribution in [0.4, 0.5) is 5.69 Å². The minimum Gasteiger partial charge on any atom is -0.452 e. The summed E-state index contributed by atoms with van der Waals surface area (Å²) in [6, 6.07) is 22.9. The lowest BCUT2D eigenvalue weighted by Crippen LogP contribution is -2.25. The Labute approximate surface area is 212 Å². The first-order chi connectivity index (χ1) is 17.5. The number of para-hydroxylation sites is 1. The highest BCUT2D eigenvalue weighted by Crippen LogP contribution is 2.26. The van der Waals surface area contributed by atoms with Gasteiger partial charge in [0.2, 0.25) is 0 Å². The summed E-state index contributed by atoms with van der Waals surface area (Å²) in [4.78, 5) is 42.4. The van der Waals surface area contributed by atoms with E-state index in [-0.39, 0.29) is 11.9 Å². The highest BCUT2D eigenvalue weighted by molar-refractivity contribution is 6.30. The number of hydrogen-bond acceptors (Lipinski definition) is 5. The standard InChI is InChI=1S/C28H22ClN3O4/c29-19-10-8-17(9-11-19)25-15-23(22-6-1-2-7-24(22)32-25)28(35)36-16-26(33)30-21-5-3-4-18(14-21)27(34)31-20-12-13-20/h1-11,14-15,20H,12-13,16H2,(H,30,33)(H,31,34). The number of fused-ring (bicyclic) bond motifs is 1. The topological polar surface area (TPSA) is 97.4 Å². The molecule has 0 spiro atoms. The number of carbonyl (C=O) groups excluding carboxylic acids is 3. The quantitative estimate of drug-likeness (QED) is 0.339.